The van der Waals surface area contributed by atoms with E-state index < -0.39 is 16.9 Å². The number of non-ortho nitro benzene ring substituents is 1. The van der Waals surface area contributed by atoms with Gasteiger partial charge in [0.05, 0.1) is 11.5 Å². The molecule has 0 unspecified atom stereocenters. The molecule has 18 heavy (non-hydrogen) atoms. The monoisotopic (exact) mass is 262 g/mol. The number of hydrogen-bond acceptors (Lipinski definition) is 4. The first-order valence-corrected chi connectivity index (χ1v) is 4.67. The van der Waals surface area contributed by atoms with Crippen molar-refractivity contribution in [2.24, 2.45) is 10.8 Å². The fraction of sp³-hybridized carbons (Fsp3) is 0.222. The van der Waals surface area contributed by atoms with Crippen LogP contribution in [0.4, 0.5) is 18.9 Å². The van der Waals surface area contributed by atoms with Crippen molar-refractivity contribution in [3.05, 3.63) is 39.9 Å². The Labute approximate surface area is 99.4 Å². The van der Waals surface area contributed by atoms with Gasteiger partial charge in [-0.15, -0.1) is 0 Å². The fourth-order valence-corrected chi connectivity index (χ4v) is 1.01. The van der Waals surface area contributed by atoms with Gasteiger partial charge >= 0.3 is 6.18 Å². The number of alkyl halides is 3. The number of nitrogens with one attached hydrogen (secondary N) is 1. The smallest absolute Gasteiger partial charge is 0.378 e. The molecule has 3 N–H and O–H groups in total. The Morgan fingerprint density at radius 1 is 1.39 bits per heavy atom. The molecule has 1 aromatic carbocycles. The lowest BCUT2D eigenvalue weighted by molar-refractivity contribution is -0.384. The summed E-state index contributed by atoms with van der Waals surface area (Å²) in [7, 11) is 0. The highest BCUT2D eigenvalue weighted by Gasteiger charge is 2.33. The van der Waals surface area contributed by atoms with Crippen molar-refractivity contribution in [1.82, 2.24) is 5.43 Å². The predicted molar refractivity (Wildman–Crippen MR) is 57.6 cm³/mol. The molecule has 0 spiro atoms. The number of nitro groups is 1. The standard InChI is InChI=1S/C9H9F3N4O2/c10-9(11,12)8(13)15-14-5-6-1-3-7(4-2-6)16(17)18/h1-4,14H,5H2,(H2,13,15). The maximum absolute atomic E-state index is 11.9. The van der Waals surface area contributed by atoms with E-state index in [1.54, 1.807) is 0 Å². The lowest BCUT2D eigenvalue weighted by Gasteiger charge is -2.06. The number of nitrogens with zero attached hydrogens (tertiary/aromatic N) is 2. The Morgan fingerprint density at radius 2 is 1.94 bits per heavy atom. The minimum Gasteiger partial charge on any atom is -0.378 e. The summed E-state index contributed by atoms with van der Waals surface area (Å²) >= 11 is 0. The molecule has 0 aliphatic heterocycles. The Balaban J connectivity index is 2.57. The third kappa shape index (κ3) is 3.92. The maximum Gasteiger partial charge on any atom is 0.450 e. The number of nitro benzene ring substituents is 1. The van der Waals surface area contributed by atoms with Crippen LogP contribution in [0.2, 0.25) is 0 Å². The lowest BCUT2D eigenvalue weighted by atomic mass is 10.2. The predicted octanol–water partition coefficient (Wildman–Crippen LogP) is 1.52. The highest BCUT2D eigenvalue weighted by molar-refractivity contribution is 5.85. The molecule has 9 heteroatoms. The van der Waals surface area contributed by atoms with Gasteiger partial charge in [0.2, 0.25) is 5.84 Å². The van der Waals surface area contributed by atoms with E-state index in [0.29, 0.717) is 5.56 Å². The van der Waals surface area contributed by atoms with E-state index >= 15 is 0 Å². The van der Waals surface area contributed by atoms with Crippen LogP contribution in [-0.2, 0) is 6.54 Å². The van der Waals surface area contributed by atoms with E-state index in [9.17, 15) is 23.3 Å². The highest BCUT2D eigenvalue weighted by atomic mass is 19.4. The zero-order valence-electron chi connectivity index (χ0n) is 8.94. The topological polar surface area (TPSA) is 93.5 Å². The molecular weight excluding hydrogens is 253 g/mol. The maximum atomic E-state index is 11.9. The van der Waals surface area contributed by atoms with E-state index in [2.05, 4.69) is 16.3 Å². The van der Waals surface area contributed by atoms with Crippen LogP contribution in [0.1, 0.15) is 5.56 Å². The summed E-state index contributed by atoms with van der Waals surface area (Å²) in [6.45, 7) is -0.0191. The van der Waals surface area contributed by atoms with Crippen LogP contribution in [0.25, 0.3) is 0 Å². The first kappa shape index (κ1) is 13.7. The van der Waals surface area contributed by atoms with Gasteiger partial charge in [-0.05, 0) is 5.56 Å². The summed E-state index contributed by atoms with van der Waals surface area (Å²) in [4.78, 5) is 9.78. The number of rotatable bonds is 4. The average Bonchev–Trinajstić information content (AvgIpc) is 2.28. The zero-order chi connectivity index (χ0) is 13.8. The molecule has 0 aliphatic rings. The molecule has 0 atom stereocenters. The quantitative estimate of drug-likeness (QED) is 0.372. The molecule has 6 nitrogen and oxygen atoms in total. The van der Waals surface area contributed by atoms with E-state index in [0.717, 1.165) is 0 Å². The van der Waals surface area contributed by atoms with Crippen LogP contribution in [0.3, 0.4) is 0 Å². The SMILES string of the molecule is N/C(=N\NCc1ccc([N+](=O)[O-])cc1)C(F)(F)F. The van der Waals surface area contributed by atoms with Crippen LogP contribution in [0.15, 0.2) is 29.4 Å². The zero-order valence-corrected chi connectivity index (χ0v) is 8.94. The van der Waals surface area contributed by atoms with Crippen molar-refractivity contribution in [3.8, 4) is 0 Å². The first-order chi connectivity index (χ1) is 8.30. The Morgan fingerprint density at radius 3 is 2.39 bits per heavy atom. The van der Waals surface area contributed by atoms with Crippen molar-refractivity contribution in [2.75, 3.05) is 0 Å². The van der Waals surface area contributed by atoms with Crippen LogP contribution < -0.4 is 11.2 Å². The fourth-order valence-electron chi connectivity index (χ4n) is 1.01. The van der Waals surface area contributed by atoms with Crippen molar-refractivity contribution in [1.29, 1.82) is 0 Å². The second-order valence-corrected chi connectivity index (χ2v) is 3.25. The molecule has 0 saturated heterocycles. The summed E-state index contributed by atoms with van der Waals surface area (Å²) in [5, 5.41) is 13.3. The van der Waals surface area contributed by atoms with E-state index in [-0.39, 0.29) is 12.2 Å². The second-order valence-electron chi connectivity index (χ2n) is 3.25. The average molecular weight is 262 g/mol. The van der Waals surface area contributed by atoms with Crippen LogP contribution in [0, 0.1) is 10.1 Å². The summed E-state index contributed by atoms with van der Waals surface area (Å²) in [5.41, 5.74) is 7.22. The lowest BCUT2D eigenvalue weighted by Crippen LogP contribution is -2.33. The van der Waals surface area contributed by atoms with Gasteiger partial charge in [-0.25, -0.2) is 0 Å². The van der Waals surface area contributed by atoms with Crippen molar-refractivity contribution < 1.29 is 18.1 Å². The number of hydrogen-bond donors (Lipinski definition) is 2. The molecule has 0 amide bonds. The van der Waals surface area contributed by atoms with Gasteiger partial charge in [0.15, 0.2) is 0 Å². The van der Waals surface area contributed by atoms with Crippen LogP contribution in [-0.4, -0.2) is 16.9 Å². The van der Waals surface area contributed by atoms with Gasteiger partial charge in [-0.3, -0.25) is 10.1 Å². The molecule has 0 aromatic heterocycles. The van der Waals surface area contributed by atoms with E-state index in [4.69, 9.17) is 0 Å². The minimum absolute atomic E-state index is 0.0191. The Kier molecular flexibility index (Phi) is 4.08. The number of hydrazone groups is 1. The summed E-state index contributed by atoms with van der Waals surface area (Å²) in [6.07, 6.45) is -4.68. The van der Waals surface area contributed by atoms with Gasteiger partial charge in [0.1, 0.15) is 0 Å². The van der Waals surface area contributed by atoms with Crippen LogP contribution >= 0.6 is 0 Å². The van der Waals surface area contributed by atoms with Gasteiger partial charge in [0, 0.05) is 12.1 Å². The third-order valence-corrected chi connectivity index (χ3v) is 1.92. The number of nitrogens with two attached hydrogens (primary N) is 1. The van der Waals surface area contributed by atoms with Crippen molar-refractivity contribution in [2.45, 2.75) is 12.7 Å². The van der Waals surface area contributed by atoms with Gasteiger partial charge < -0.3 is 11.2 Å². The highest BCUT2D eigenvalue weighted by Crippen LogP contribution is 2.14. The summed E-state index contributed by atoms with van der Waals surface area (Å²) < 4.78 is 35.8. The van der Waals surface area contributed by atoms with E-state index in [1.165, 1.54) is 24.3 Å². The minimum atomic E-state index is -4.68. The molecule has 0 radical (unpaired) electrons. The van der Waals surface area contributed by atoms with Gasteiger partial charge in [-0.1, -0.05) is 12.1 Å². The molecule has 0 bridgehead atoms. The Hall–Kier alpha value is -2.32. The molecule has 98 valence electrons. The van der Waals surface area contributed by atoms with Crippen molar-refractivity contribution >= 4 is 11.5 Å². The van der Waals surface area contributed by atoms with Crippen LogP contribution in [0.5, 0.6) is 0 Å². The molecule has 0 heterocycles. The Bertz CT molecular complexity index is 456. The van der Waals surface area contributed by atoms with E-state index in [1.807, 2.05) is 0 Å². The summed E-state index contributed by atoms with van der Waals surface area (Å²) in [5.74, 6) is -1.48. The molecule has 0 aliphatic carbocycles. The third-order valence-electron chi connectivity index (χ3n) is 1.92. The molecule has 1 rings (SSSR count). The van der Waals surface area contributed by atoms with Gasteiger partial charge in [-0.2, -0.15) is 18.3 Å². The number of amidine groups is 1. The van der Waals surface area contributed by atoms with Crippen molar-refractivity contribution in [3.63, 3.8) is 0 Å². The second kappa shape index (κ2) is 5.34. The molecular formula is C9H9F3N4O2. The normalized spacial score (nSPS) is 12.3. The first-order valence-electron chi connectivity index (χ1n) is 4.67. The molecule has 0 saturated carbocycles. The molecule has 0 fully saturated rings. The number of benzene rings is 1. The largest absolute Gasteiger partial charge is 0.450 e. The van der Waals surface area contributed by atoms with Gasteiger partial charge in [0.25, 0.3) is 5.69 Å². The molecule has 1 aromatic rings. The number of halogens is 3. The summed E-state index contributed by atoms with van der Waals surface area (Å²) in [6, 6.07) is 5.30.